The number of hydrogen-bond donors (Lipinski definition) is 1. The fourth-order valence-electron chi connectivity index (χ4n) is 1.66. The number of anilines is 2. The molecule has 0 fully saturated rings. The lowest BCUT2D eigenvalue weighted by Crippen LogP contribution is -2.09. The van der Waals surface area contributed by atoms with E-state index in [9.17, 15) is 0 Å². The normalized spacial score (nSPS) is 12.1. The molecule has 1 aromatic heterocycles. The fourth-order valence-corrected chi connectivity index (χ4v) is 2.29. The fraction of sp³-hybridized carbons (Fsp3) is 0.467. The molecule has 5 nitrogen and oxygen atoms in total. The maximum absolute atomic E-state index is 5.75. The Balaban J connectivity index is 1.92. The zero-order valence-electron chi connectivity index (χ0n) is 12.6. The van der Waals surface area contributed by atoms with Crippen LogP contribution in [0.1, 0.15) is 26.1 Å². The maximum atomic E-state index is 5.75. The van der Waals surface area contributed by atoms with Crippen molar-refractivity contribution in [3.05, 3.63) is 30.1 Å². The molecule has 21 heavy (non-hydrogen) atoms. The molecule has 1 heterocycles. The van der Waals surface area contributed by atoms with E-state index in [1.54, 1.807) is 7.11 Å². The van der Waals surface area contributed by atoms with Crippen molar-refractivity contribution in [2.45, 2.75) is 32.8 Å². The van der Waals surface area contributed by atoms with Crippen molar-refractivity contribution in [2.24, 2.45) is 0 Å². The second-order valence-corrected chi connectivity index (χ2v) is 5.50. The molecule has 0 saturated heterocycles. The molecule has 0 saturated carbocycles. The van der Waals surface area contributed by atoms with Crippen LogP contribution in [0.25, 0.3) is 0 Å². The van der Waals surface area contributed by atoms with Crippen molar-refractivity contribution in [1.29, 1.82) is 0 Å². The van der Waals surface area contributed by atoms with E-state index in [4.69, 9.17) is 9.47 Å². The molecular formula is C15H21N3O2S. The first-order valence-electron chi connectivity index (χ1n) is 7.06. The summed E-state index contributed by atoms with van der Waals surface area (Å²) in [6, 6.07) is 7.88. The molecule has 0 amide bonds. The van der Waals surface area contributed by atoms with E-state index in [0.717, 1.165) is 35.2 Å². The zero-order chi connectivity index (χ0) is 15.1. The van der Waals surface area contributed by atoms with Crippen LogP contribution in [-0.4, -0.2) is 29.2 Å². The number of methoxy groups -OCH3 is 1. The Kier molecular flexibility index (Phi) is 5.95. The molecule has 2 aromatic rings. The number of hydrogen-bond acceptors (Lipinski definition) is 6. The number of benzene rings is 1. The summed E-state index contributed by atoms with van der Waals surface area (Å²) in [5.41, 5.74) is 0.973. The maximum Gasteiger partial charge on any atom is 0.207 e. The average Bonchev–Trinajstić information content (AvgIpc) is 2.94. The number of nitrogens with one attached hydrogen (secondary N) is 1. The molecule has 0 aliphatic rings. The average molecular weight is 307 g/mol. The molecular weight excluding hydrogens is 286 g/mol. The third kappa shape index (κ3) is 4.99. The van der Waals surface area contributed by atoms with Gasteiger partial charge in [-0.25, -0.2) is 4.98 Å². The van der Waals surface area contributed by atoms with E-state index in [1.165, 1.54) is 11.5 Å². The largest absolute Gasteiger partial charge is 0.491 e. The Morgan fingerprint density at radius 2 is 2.05 bits per heavy atom. The van der Waals surface area contributed by atoms with Crippen LogP contribution in [0.4, 0.5) is 10.8 Å². The third-order valence-corrected chi connectivity index (χ3v) is 3.68. The lowest BCUT2D eigenvalue weighted by Gasteiger charge is -2.12. The summed E-state index contributed by atoms with van der Waals surface area (Å²) in [5, 5.41) is 4.03. The first-order valence-corrected chi connectivity index (χ1v) is 7.84. The standard InChI is InChI=1S/C15H21N3O2S/c1-4-11(2)20-13-7-5-12(6-8-13)16-15-17-14(18-21-15)9-10-19-3/h5-8,11H,4,9-10H2,1-3H3,(H,16,17,18). The molecule has 2 rings (SSSR count). The minimum Gasteiger partial charge on any atom is -0.491 e. The van der Waals surface area contributed by atoms with Crippen molar-refractivity contribution in [3.8, 4) is 5.75 Å². The van der Waals surface area contributed by atoms with Gasteiger partial charge in [0, 0.05) is 30.8 Å². The Hall–Kier alpha value is -1.66. The smallest absolute Gasteiger partial charge is 0.207 e. The minimum atomic E-state index is 0.232. The summed E-state index contributed by atoms with van der Waals surface area (Å²) in [7, 11) is 1.68. The highest BCUT2D eigenvalue weighted by Crippen LogP contribution is 2.22. The van der Waals surface area contributed by atoms with Crippen molar-refractivity contribution in [3.63, 3.8) is 0 Å². The summed E-state index contributed by atoms with van der Waals surface area (Å²) in [6.45, 7) is 4.81. The summed E-state index contributed by atoms with van der Waals surface area (Å²) in [4.78, 5) is 4.41. The van der Waals surface area contributed by atoms with E-state index >= 15 is 0 Å². The topological polar surface area (TPSA) is 56.3 Å². The Morgan fingerprint density at radius 1 is 1.29 bits per heavy atom. The van der Waals surface area contributed by atoms with Crippen molar-refractivity contribution < 1.29 is 9.47 Å². The molecule has 114 valence electrons. The second-order valence-electron chi connectivity index (χ2n) is 4.74. The predicted octanol–water partition coefficient (Wildman–Crippen LogP) is 3.65. The summed E-state index contributed by atoms with van der Waals surface area (Å²) in [6.07, 6.45) is 1.96. The molecule has 0 aliphatic heterocycles. The lowest BCUT2D eigenvalue weighted by molar-refractivity contribution is 0.201. The van der Waals surface area contributed by atoms with Gasteiger partial charge in [-0.15, -0.1) is 0 Å². The van der Waals surface area contributed by atoms with Crippen LogP contribution in [0.2, 0.25) is 0 Å². The molecule has 1 N–H and O–H groups in total. The Bertz CT molecular complexity index is 542. The zero-order valence-corrected chi connectivity index (χ0v) is 13.4. The van der Waals surface area contributed by atoms with Gasteiger partial charge in [-0.1, -0.05) is 6.92 Å². The van der Waals surface area contributed by atoms with E-state index in [2.05, 4.69) is 28.5 Å². The van der Waals surface area contributed by atoms with E-state index in [-0.39, 0.29) is 6.10 Å². The molecule has 0 bridgehead atoms. The monoisotopic (exact) mass is 307 g/mol. The van der Waals surface area contributed by atoms with Crippen LogP contribution < -0.4 is 10.1 Å². The van der Waals surface area contributed by atoms with Crippen molar-refractivity contribution >= 4 is 22.4 Å². The van der Waals surface area contributed by atoms with Gasteiger partial charge in [0.05, 0.1) is 12.7 Å². The van der Waals surface area contributed by atoms with E-state index in [0.29, 0.717) is 6.61 Å². The van der Waals surface area contributed by atoms with Gasteiger partial charge in [0.15, 0.2) is 0 Å². The van der Waals surface area contributed by atoms with Gasteiger partial charge in [-0.3, -0.25) is 0 Å². The third-order valence-electron chi connectivity index (χ3n) is 3.02. The highest BCUT2D eigenvalue weighted by molar-refractivity contribution is 7.09. The lowest BCUT2D eigenvalue weighted by atomic mass is 10.3. The number of rotatable bonds is 8. The number of aromatic nitrogens is 2. The van der Waals surface area contributed by atoms with Gasteiger partial charge in [-0.2, -0.15) is 4.37 Å². The Labute approximate surface area is 129 Å². The molecule has 1 aromatic carbocycles. The van der Waals surface area contributed by atoms with Gasteiger partial charge in [0.2, 0.25) is 5.13 Å². The first kappa shape index (κ1) is 15.7. The number of nitrogens with zero attached hydrogens (tertiary/aromatic N) is 2. The Morgan fingerprint density at radius 3 is 2.71 bits per heavy atom. The molecule has 1 atom stereocenters. The first-order chi connectivity index (χ1) is 10.2. The van der Waals surface area contributed by atoms with Crippen LogP contribution in [0.15, 0.2) is 24.3 Å². The van der Waals surface area contributed by atoms with Crippen molar-refractivity contribution in [1.82, 2.24) is 9.36 Å². The van der Waals surface area contributed by atoms with Gasteiger partial charge >= 0.3 is 0 Å². The van der Waals surface area contributed by atoms with Crippen LogP contribution in [0.5, 0.6) is 5.75 Å². The molecule has 0 aliphatic carbocycles. The second kappa shape index (κ2) is 7.95. The highest BCUT2D eigenvalue weighted by atomic mass is 32.1. The van der Waals surface area contributed by atoms with Gasteiger partial charge in [0.1, 0.15) is 11.6 Å². The molecule has 0 spiro atoms. The summed E-state index contributed by atoms with van der Waals surface area (Å²) >= 11 is 1.35. The van der Waals surface area contributed by atoms with E-state index < -0.39 is 0 Å². The summed E-state index contributed by atoms with van der Waals surface area (Å²) < 4.78 is 15.0. The number of ether oxygens (including phenoxy) is 2. The van der Waals surface area contributed by atoms with Gasteiger partial charge in [-0.05, 0) is 37.6 Å². The van der Waals surface area contributed by atoms with Crippen molar-refractivity contribution in [2.75, 3.05) is 19.0 Å². The molecule has 6 heteroatoms. The van der Waals surface area contributed by atoms with E-state index in [1.807, 2.05) is 24.3 Å². The summed E-state index contributed by atoms with van der Waals surface area (Å²) in [5.74, 6) is 1.69. The molecule has 1 unspecified atom stereocenters. The SMILES string of the molecule is CCC(C)Oc1ccc(Nc2nc(CCOC)ns2)cc1. The molecule has 0 radical (unpaired) electrons. The predicted molar refractivity (Wildman–Crippen MR) is 85.6 cm³/mol. The van der Waals surface area contributed by atoms with Gasteiger partial charge in [0.25, 0.3) is 0 Å². The van der Waals surface area contributed by atoms with Crippen LogP contribution in [0.3, 0.4) is 0 Å². The highest BCUT2D eigenvalue weighted by Gasteiger charge is 2.05. The van der Waals surface area contributed by atoms with Crippen LogP contribution in [0, 0.1) is 0 Å². The van der Waals surface area contributed by atoms with Crippen LogP contribution in [-0.2, 0) is 11.2 Å². The minimum absolute atomic E-state index is 0.232. The van der Waals surface area contributed by atoms with Crippen LogP contribution >= 0.6 is 11.5 Å². The van der Waals surface area contributed by atoms with Gasteiger partial charge < -0.3 is 14.8 Å². The quantitative estimate of drug-likeness (QED) is 0.807.